The van der Waals surface area contributed by atoms with Gasteiger partial charge >= 0.3 is 6.09 Å². The smallest absolute Gasteiger partial charge is 0.409 e. The van der Waals surface area contributed by atoms with Gasteiger partial charge in [0.1, 0.15) is 11.5 Å². The summed E-state index contributed by atoms with van der Waals surface area (Å²) in [6, 6.07) is 8.10. The third-order valence-electron chi connectivity index (χ3n) is 8.59. The van der Waals surface area contributed by atoms with Crippen LogP contribution in [0.4, 0.5) is 4.79 Å². The molecule has 14 nitrogen and oxygen atoms in total. The number of methoxy groups -OCH3 is 2. The molecule has 0 spiro atoms. The van der Waals surface area contributed by atoms with Gasteiger partial charge in [-0.2, -0.15) is 0 Å². The fourth-order valence-corrected chi connectivity index (χ4v) is 6.63. The molecule has 0 aromatic carbocycles. The molecule has 4 aromatic rings. The number of carbonyl (C=O) groups excluding carboxylic acids is 1. The quantitative estimate of drug-likeness (QED) is 0.242. The fourth-order valence-electron chi connectivity index (χ4n) is 6.63. The summed E-state index contributed by atoms with van der Waals surface area (Å²) in [6.07, 6.45) is 0.948. The topological polar surface area (TPSA) is 169 Å². The predicted octanol–water partition coefficient (Wildman–Crippen LogP) is 2.53. The largest absolute Gasteiger partial charge is 0.495 e. The lowest BCUT2D eigenvalue weighted by molar-refractivity contribution is -0.135. The molecule has 14 heteroatoms. The van der Waals surface area contributed by atoms with Gasteiger partial charge in [0.05, 0.1) is 60.8 Å². The van der Waals surface area contributed by atoms with Crippen molar-refractivity contribution in [1.29, 1.82) is 0 Å². The minimum absolute atomic E-state index is 0.0690. The van der Waals surface area contributed by atoms with Crippen LogP contribution in [0.1, 0.15) is 33.6 Å². The number of ether oxygens (including phenoxy) is 2. The number of aromatic nitrogens is 4. The second-order valence-corrected chi connectivity index (χ2v) is 13.0. The molecule has 250 valence electrons. The molecule has 0 saturated carbocycles. The number of likely N-dealkylation sites (tertiary alicyclic amines) is 1. The van der Waals surface area contributed by atoms with Crippen LogP contribution in [0, 0.1) is 5.41 Å². The Morgan fingerprint density at radius 3 is 2.13 bits per heavy atom. The van der Waals surface area contributed by atoms with E-state index >= 15 is 0 Å². The van der Waals surface area contributed by atoms with Gasteiger partial charge in [0.15, 0.2) is 11.9 Å². The zero-order valence-corrected chi connectivity index (χ0v) is 27.1. The lowest BCUT2D eigenvalue weighted by atomic mass is 9.82. The number of nitrogens with zero attached hydrogens (tertiary/aromatic N) is 6. The number of aldehydes is 1. The molecule has 1 unspecified atom stereocenters. The Bertz CT molecular complexity index is 1920. The highest BCUT2D eigenvalue weighted by atomic mass is 16.5. The molecule has 2 N–H and O–H groups in total. The molecule has 1 aliphatic rings. The Morgan fingerprint density at radius 1 is 0.979 bits per heavy atom. The maximum absolute atomic E-state index is 13.7. The van der Waals surface area contributed by atoms with Gasteiger partial charge in [0, 0.05) is 56.9 Å². The third-order valence-corrected chi connectivity index (χ3v) is 8.59. The van der Waals surface area contributed by atoms with Crippen LogP contribution in [0.5, 0.6) is 11.5 Å². The fraction of sp³-hybridized carbons (Fsp3) is 0.455. The van der Waals surface area contributed by atoms with Crippen molar-refractivity contribution in [3.05, 3.63) is 69.5 Å². The molecule has 5 heterocycles. The average molecular weight is 649 g/mol. The molecule has 0 radical (unpaired) electrons. The Morgan fingerprint density at radius 2 is 1.57 bits per heavy atom. The summed E-state index contributed by atoms with van der Waals surface area (Å²) >= 11 is 0. The first-order chi connectivity index (χ1) is 22.3. The van der Waals surface area contributed by atoms with Gasteiger partial charge in [-0.1, -0.05) is 20.8 Å². The standard InChI is InChI=1S/C33H40N6O8/c1-32(2,3)19-33(20-40,38-27-15-22(47-5)17-35-24(27)7-9-30(38)43)39(31(44)45)25-10-11-36(18-28(25)41)12-13-37-26-14-21(46-4)16-34-23(26)6-8-29(37)42/h6-9,14-17,20,25,28,41H,10-13,18-19H2,1-5H3,(H,44,45)/t25-,28-,33?/m1/s1. The van der Waals surface area contributed by atoms with Crippen LogP contribution in [0.15, 0.2) is 58.4 Å². The summed E-state index contributed by atoms with van der Waals surface area (Å²) < 4.78 is 13.4. The van der Waals surface area contributed by atoms with Gasteiger partial charge in [-0.15, -0.1) is 0 Å². The minimum Gasteiger partial charge on any atom is -0.495 e. The number of β-amino-alcohol motifs (C(OH)–C–C–N with tert-alkyl or cyclic N) is 1. The van der Waals surface area contributed by atoms with Crippen molar-refractivity contribution in [3.63, 3.8) is 0 Å². The molecular formula is C33H40N6O8. The second kappa shape index (κ2) is 13.1. The summed E-state index contributed by atoms with van der Waals surface area (Å²) in [7, 11) is 2.96. The van der Waals surface area contributed by atoms with E-state index in [1.165, 1.54) is 43.2 Å². The van der Waals surface area contributed by atoms with Crippen molar-refractivity contribution in [2.45, 2.75) is 58.0 Å². The number of rotatable bonds is 10. The summed E-state index contributed by atoms with van der Waals surface area (Å²) in [6.45, 7) is 6.63. The number of aliphatic hydroxyl groups excluding tert-OH is 1. The Hall–Kier alpha value is -4.82. The Balaban J connectivity index is 1.50. The van der Waals surface area contributed by atoms with Gasteiger partial charge in [-0.3, -0.25) is 38.7 Å². The molecule has 4 aromatic heterocycles. The Labute approximate surface area is 270 Å². The lowest BCUT2D eigenvalue weighted by Gasteiger charge is -2.49. The first kappa shape index (κ1) is 33.5. The number of hydrogen-bond acceptors (Lipinski definition) is 10. The number of hydrogen-bond donors (Lipinski definition) is 2. The van der Waals surface area contributed by atoms with E-state index in [-0.39, 0.29) is 37.0 Å². The molecule has 1 saturated heterocycles. The van der Waals surface area contributed by atoms with Crippen LogP contribution in [0.3, 0.4) is 0 Å². The van der Waals surface area contributed by atoms with E-state index in [0.29, 0.717) is 47.4 Å². The van der Waals surface area contributed by atoms with Gasteiger partial charge in [0.2, 0.25) is 0 Å². The number of aliphatic hydroxyl groups is 1. The first-order valence-electron chi connectivity index (χ1n) is 15.3. The third kappa shape index (κ3) is 6.56. The molecule has 1 fully saturated rings. The van der Waals surface area contributed by atoms with E-state index in [4.69, 9.17) is 9.47 Å². The van der Waals surface area contributed by atoms with E-state index in [0.717, 1.165) is 4.90 Å². The highest BCUT2D eigenvalue weighted by Gasteiger charge is 2.51. The molecule has 5 rings (SSSR count). The number of fused-ring (bicyclic) bond motifs is 2. The van der Waals surface area contributed by atoms with E-state index in [1.807, 2.05) is 25.7 Å². The number of piperidine rings is 1. The van der Waals surface area contributed by atoms with Gasteiger partial charge in [-0.25, -0.2) is 4.79 Å². The van der Waals surface area contributed by atoms with E-state index in [1.54, 1.807) is 29.0 Å². The molecule has 0 bridgehead atoms. The maximum atomic E-state index is 13.7. The SMILES string of the molecule is COc1cnc2ccc(=O)n(CCN3CC[C@@H](N(C(=O)O)C(C=O)(CC(C)(C)C)n4c(=O)ccc5ncc(OC)cc54)[C@H](O)C3)c2c1. The molecule has 3 atom stereocenters. The van der Waals surface area contributed by atoms with Gasteiger partial charge in [0.25, 0.3) is 11.1 Å². The zero-order chi connectivity index (χ0) is 34.1. The van der Waals surface area contributed by atoms with Crippen molar-refractivity contribution < 1.29 is 29.3 Å². The number of carbonyl (C=O) groups is 2. The number of carboxylic acid groups (broad SMARTS) is 1. The van der Waals surface area contributed by atoms with E-state index in [9.17, 15) is 29.4 Å². The van der Waals surface area contributed by atoms with Crippen LogP contribution >= 0.6 is 0 Å². The number of pyridine rings is 4. The first-order valence-corrected chi connectivity index (χ1v) is 15.3. The van der Waals surface area contributed by atoms with Crippen LogP contribution in [0.2, 0.25) is 0 Å². The van der Waals surface area contributed by atoms with E-state index < -0.39 is 34.9 Å². The Kier molecular flexibility index (Phi) is 9.36. The van der Waals surface area contributed by atoms with Crippen LogP contribution in [0.25, 0.3) is 22.1 Å². The molecular weight excluding hydrogens is 608 g/mol. The molecule has 1 aliphatic heterocycles. The van der Waals surface area contributed by atoms with Crippen molar-refractivity contribution in [3.8, 4) is 11.5 Å². The minimum atomic E-state index is -2.04. The van der Waals surface area contributed by atoms with Crippen molar-refractivity contribution in [1.82, 2.24) is 28.9 Å². The van der Waals surface area contributed by atoms with Gasteiger partial charge < -0.3 is 24.3 Å². The van der Waals surface area contributed by atoms with Crippen LogP contribution in [-0.2, 0) is 17.0 Å². The summed E-state index contributed by atoms with van der Waals surface area (Å²) in [5.74, 6) is 0.831. The highest BCUT2D eigenvalue weighted by Crippen LogP contribution is 2.39. The molecule has 1 amide bonds. The van der Waals surface area contributed by atoms with Crippen LogP contribution in [-0.4, -0.2) is 97.5 Å². The molecule has 0 aliphatic carbocycles. The number of amides is 1. The maximum Gasteiger partial charge on any atom is 0.409 e. The van der Waals surface area contributed by atoms with Crippen molar-refractivity contribution in [2.24, 2.45) is 5.41 Å². The predicted molar refractivity (Wildman–Crippen MR) is 174 cm³/mol. The lowest BCUT2D eigenvalue weighted by Crippen LogP contribution is -2.66. The van der Waals surface area contributed by atoms with Crippen molar-refractivity contribution >= 4 is 34.4 Å². The summed E-state index contributed by atoms with van der Waals surface area (Å²) in [5, 5.41) is 22.3. The monoisotopic (exact) mass is 648 g/mol. The van der Waals surface area contributed by atoms with Crippen molar-refractivity contribution in [2.75, 3.05) is 33.9 Å². The highest BCUT2D eigenvalue weighted by molar-refractivity contribution is 5.81. The van der Waals surface area contributed by atoms with E-state index in [2.05, 4.69) is 9.97 Å². The second-order valence-electron chi connectivity index (χ2n) is 13.0. The molecule has 47 heavy (non-hydrogen) atoms. The summed E-state index contributed by atoms with van der Waals surface area (Å²) in [5.41, 5.74) is -1.68. The average Bonchev–Trinajstić information content (AvgIpc) is 3.03. The zero-order valence-electron chi connectivity index (χ0n) is 27.1. The summed E-state index contributed by atoms with van der Waals surface area (Å²) in [4.78, 5) is 64.7. The van der Waals surface area contributed by atoms with Crippen LogP contribution < -0.4 is 20.6 Å². The van der Waals surface area contributed by atoms with Gasteiger partial charge in [-0.05, 0) is 24.0 Å². The normalized spacial score (nSPS) is 18.5.